The fourth-order valence-corrected chi connectivity index (χ4v) is 9.76. The summed E-state index contributed by atoms with van der Waals surface area (Å²) in [6.07, 6.45) is 0. The first kappa shape index (κ1) is 24.3. The highest BCUT2D eigenvalue weighted by atomic mass is 32.2. The van der Waals surface area contributed by atoms with Gasteiger partial charge in [0.1, 0.15) is 5.82 Å². The second kappa shape index (κ2) is 9.66. The Morgan fingerprint density at radius 2 is 1.94 bits per heavy atom. The van der Waals surface area contributed by atoms with Gasteiger partial charge in [0.2, 0.25) is 0 Å². The van der Waals surface area contributed by atoms with Gasteiger partial charge < -0.3 is 5.32 Å². The molecule has 0 aliphatic carbocycles. The number of nitrogens with one attached hydrogen (secondary N) is 1. The van der Waals surface area contributed by atoms with Crippen molar-refractivity contribution in [2.24, 2.45) is 0 Å². The molecule has 1 aromatic heterocycles. The molecule has 1 aromatic carbocycles. The smallest absolute Gasteiger partial charge is 0.183 e. The van der Waals surface area contributed by atoms with Crippen molar-refractivity contribution in [1.29, 1.82) is 0 Å². The molecule has 0 amide bonds. The van der Waals surface area contributed by atoms with Crippen molar-refractivity contribution >= 4 is 31.0 Å². The normalized spacial score (nSPS) is 22.1. The van der Waals surface area contributed by atoms with Crippen LogP contribution in [0.15, 0.2) is 40.6 Å². The molecule has 1 aliphatic heterocycles. The van der Waals surface area contributed by atoms with E-state index in [1.54, 1.807) is 11.3 Å². The fraction of sp³-hybridized carbons (Fsp3) is 0.524. The van der Waals surface area contributed by atoms with Crippen LogP contribution in [-0.2, 0) is 19.7 Å². The molecule has 2 aromatic rings. The molecule has 0 spiro atoms. The first-order chi connectivity index (χ1) is 14.6. The van der Waals surface area contributed by atoms with Gasteiger partial charge in [-0.3, -0.25) is 4.90 Å². The summed E-state index contributed by atoms with van der Waals surface area (Å²) in [5, 5.41) is 4.15. The molecule has 0 bridgehead atoms. The predicted octanol–water partition coefficient (Wildman–Crippen LogP) is 2.81. The molecule has 1 unspecified atom stereocenters. The number of halogens is 1. The van der Waals surface area contributed by atoms with Crippen LogP contribution in [0.2, 0.25) is 0 Å². The number of hydrogen-bond acceptors (Lipinski definition) is 7. The minimum absolute atomic E-state index is 0.0229. The lowest BCUT2D eigenvalue weighted by Crippen LogP contribution is -2.46. The minimum Gasteiger partial charge on any atom is -0.310 e. The zero-order chi connectivity index (χ0) is 22.8. The first-order valence-electron chi connectivity index (χ1n) is 10.3. The predicted molar refractivity (Wildman–Crippen MR) is 123 cm³/mol. The number of likely N-dealkylation sites (N-methyl/N-ethyl adjacent to an activating group) is 1. The molecule has 10 heteroatoms. The lowest BCUT2D eigenvalue weighted by atomic mass is 10.1. The number of hydrogen-bond donors (Lipinski definition) is 1. The maximum Gasteiger partial charge on any atom is 0.183 e. The van der Waals surface area contributed by atoms with Crippen molar-refractivity contribution in [3.8, 4) is 0 Å². The van der Waals surface area contributed by atoms with Gasteiger partial charge in [0.05, 0.1) is 27.7 Å². The molecule has 6 nitrogen and oxygen atoms in total. The van der Waals surface area contributed by atoms with Gasteiger partial charge in [-0.05, 0) is 55.2 Å². The van der Waals surface area contributed by atoms with E-state index in [0.717, 1.165) is 24.0 Å². The van der Waals surface area contributed by atoms with Crippen LogP contribution in [0.25, 0.3) is 0 Å². The van der Waals surface area contributed by atoms with Crippen LogP contribution in [0.1, 0.15) is 30.3 Å². The zero-order valence-corrected chi connectivity index (χ0v) is 20.4. The maximum atomic E-state index is 13.6. The molecule has 1 N–H and O–H groups in total. The number of sulfone groups is 2. The van der Waals surface area contributed by atoms with Gasteiger partial charge in [-0.1, -0.05) is 19.9 Å². The highest BCUT2D eigenvalue weighted by Gasteiger charge is 2.46. The summed E-state index contributed by atoms with van der Waals surface area (Å²) >= 11 is 1.62. The van der Waals surface area contributed by atoms with Gasteiger partial charge in [-0.15, -0.1) is 11.3 Å². The number of rotatable bonds is 9. The number of benzene rings is 1. The SMILES string of the molecule is CCN(CC)C(CN[C@H]1CS(=O)(=O)C[C@@H]1S(=O)(=O)c1ccc(F)c(C)c1)c1cccs1. The Hall–Kier alpha value is -1.33. The van der Waals surface area contributed by atoms with Gasteiger partial charge >= 0.3 is 0 Å². The Bertz CT molecular complexity index is 1100. The van der Waals surface area contributed by atoms with Gasteiger partial charge in [0.25, 0.3) is 0 Å². The van der Waals surface area contributed by atoms with Crippen LogP contribution in [0.4, 0.5) is 4.39 Å². The molecule has 1 fully saturated rings. The monoisotopic (exact) mass is 488 g/mol. The van der Waals surface area contributed by atoms with E-state index in [9.17, 15) is 21.2 Å². The van der Waals surface area contributed by atoms with E-state index in [-0.39, 0.29) is 22.3 Å². The Labute approximate surface area is 188 Å². The quantitative estimate of drug-likeness (QED) is 0.547. The topological polar surface area (TPSA) is 83.6 Å². The molecule has 2 heterocycles. The van der Waals surface area contributed by atoms with Crippen LogP contribution >= 0.6 is 11.3 Å². The van der Waals surface area contributed by atoms with Crippen LogP contribution < -0.4 is 5.32 Å². The Kier molecular flexibility index (Phi) is 7.58. The number of aryl methyl sites for hydroxylation is 1. The van der Waals surface area contributed by atoms with Crippen LogP contribution in [0.5, 0.6) is 0 Å². The molecular formula is C21H29FN2O4S3. The van der Waals surface area contributed by atoms with Crippen molar-refractivity contribution in [3.63, 3.8) is 0 Å². The van der Waals surface area contributed by atoms with Crippen LogP contribution in [0.3, 0.4) is 0 Å². The second-order valence-corrected chi connectivity index (χ2v) is 13.1. The van der Waals surface area contributed by atoms with E-state index in [4.69, 9.17) is 0 Å². The summed E-state index contributed by atoms with van der Waals surface area (Å²) in [7, 11) is -7.46. The Morgan fingerprint density at radius 3 is 2.52 bits per heavy atom. The van der Waals surface area contributed by atoms with E-state index < -0.39 is 42.5 Å². The van der Waals surface area contributed by atoms with E-state index >= 15 is 0 Å². The Balaban J connectivity index is 1.87. The molecule has 1 aliphatic rings. The zero-order valence-electron chi connectivity index (χ0n) is 17.9. The summed E-state index contributed by atoms with van der Waals surface area (Å²) in [5.74, 6) is -1.16. The van der Waals surface area contributed by atoms with E-state index in [1.165, 1.54) is 19.1 Å². The third kappa shape index (κ3) is 5.36. The largest absolute Gasteiger partial charge is 0.310 e. The summed E-state index contributed by atoms with van der Waals surface area (Å²) in [6.45, 7) is 7.70. The standard InChI is InChI=1S/C21H29FN2O4S3/c1-4-24(5-2)19(20-7-6-10-29-20)12-23-18-13-30(25,26)14-21(18)31(27,28)16-8-9-17(22)15(3)11-16/h6-11,18-19,21,23H,4-5,12-14H2,1-3H3/t18-,19?,21-/m0/s1. The molecule has 0 saturated carbocycles. The second-order valence-electron chi connectivity index (χ2n) is 7.84. The molecule has 0 radical (unpaired) electrons. The van der Waals surface area contributed by atoms with Crippen molar-refractivity contribution in [2.45, 2.75) is 43.0 Å². The summed E-state index contributed by atoms with van der Waals surface area (Å²) in [5.41, 5.74) is 0.214. The third-order valence-electron chi connectivity index (χ3n) is 5.86. The van der Waals surface area contributed by atoms with Crippen molar-refractivity contribution < 1.29 is 21.2 Å². The summed E-state index contributed by atoms with van der Waals surface area (Å²) in [6, 6.07) is 6.91. The third-order valence-corrected chi connectivity index (χ3v) is 11.0. The van der Waals surface area contributed by atoms with Crippen molar-refractivity contribution in [3.05, 3.63) is 52.0 Å². The van der Waals surface area contributed by atoms with Crippen molar-refractivity contribution in [1.82, 2.24) is 10.2 Å². The van der Waals surface area contributed by atoms with E-state index in [1.807, 2.05) is 17.5 Å². The van der Waals surface area contributed by atoms with Crippen LogP contribution in [0, 0.1) is 12.7 Å². The lowest BCUT2D eigenvalue weighted by molar-refractivity contribution is 0.212. The summed E-state index contributed by atoms with van der Waals surface area (Å²) < 4.78 is 65.0. The Morgan fingerprint density at radius 1 is 1.23 bits per heavy atom. The van der Waals surface area contributed by atoms with E-state index in [2.05, 4.69) is 24.1 Å². The highest BCUT2D eigenvalue weighted by molar-refractivity contribution is 7.96. The molecule has 1 saturated heterocycles. The average molecular weight is 489 g/mol. The molecule has 172 valence electrons. The summed E-state index contributed by atoms with van der Waals surface area (Å²) in [4.78, 5) is 3.36. The number of nitrogens with zero attached hydrogens (tertiary/aromatic N) is 1. The van der Waals surface area contributed by atoms with Crippen molar-refractivity contribution in [2.75, 3.05) is 31.1 Å². The molecule has 3 rings (SSSR count). The lowest BCUT2D eigenvalue weighted by Gasteiger charge is -2.31. The van der Waals surface area contributed by atoms with Gasteiger partial charge in [-0.25, -0.2) is 21.2 Å². The average Bonchev–Trinajstić information content (AvgIpc) is 3.35. The maximum absolute atomic E-state index is 13.6. The van der Waals surface area contributed by atoms with Gasteiger partial charge in [0.15, 0.2) is 19.7 Å². The van der Waals surface area contributed by atoms with Gasteiger partial charge in [0, 0.05) is 17.5 Å². The fourth-order valence-electron chi connectivity index (χ4n) is 4.10. The van der Waals surface area contributed by atoms with Gasteiger partial charge in [-0.2, -0.15) is 0 Å². The molecule has 31 heavy (non-hydrogen) atoms. The minimum atomic E-state index is -3.95. The molecular weight excluding hydrogens is 459 g/mol. The van der Waals surface area contributed by atoms with E-state index in [0.29, 0.717) is 6.54 Å². The highest BCUT2D eigenvalue weighted by Crippen LogP contribution is 2.29. The first-order valence-corrected chi connectivity index (χ1v) is 14.5. The molecule has 3 atom stereocenters. The number of thiophene rings is 1. The van der Waals surface area contributed by atoms with Crippen LogP contribution in [-0.4, -0.2) is 64.2 Å².